The van der Waals surface area contributed by atoms with Gasteiger partial charge in [0.2, 0.25) is 10.0 Å². The van der Waals surface area contributed by atoms with Crippen LogP contribution >= 0.6 is 0 Å². The van der Waals surface area contributed by atoms with Gasteiger partial charge in [-0.25, -0.2) is 17.7 Å². The molecule has 0 bridgehead atoms. The van der Waals surface area contributed by atoms with Gasteiger partial charge in [0.05, 0.1) is 16.9 Å². The molecule has 0 fully saturated rings. The van der Waals surface area contributed by atoms with E-state index >= 15 is 0 Å². The van der Waals surface area contributed by atoms with Crippen LogP contribution in [0.25, 0.3) is 0 Å². The number of hydrogen-bond acceptors (Lipinski definition) is 4. The highest BCUT2D eigenvalue weighted by Gasteiger charge is 2.17. The lowest BCUT2D eigenvalue weighted by atomic mass is 10.1. The van der Waals surface area contributed by atoms with Gasteiger partial charge in [-0.15, -0.1) is 0 Å². The van der Waals surface area contributed by atoms with Crippen LogP contribution in [0, 0.1) is 0 Å². The zero-order valence-electron chi connectivity index (χ0n) is 13.3. The van der Waals surface area contributed by atoms with Crippen molar-refractivity contribution in [3.05, 3.63) is 48.0 Å². The van der Waals surface area contributed by atoms with Gasteiger partial charge >= 0.3 is 0 Å². The Morgan fingerprint density at radius 3 is 2.41 bits per heavy atom. The first kappa shape index (κ1) is 16.7. The molecule has 0 aliphatic carbocycles. The van der Waals surface area contributed by atoms with Crippen LogP contribution in [0.5, 0.6) is 0 Å². The first-order valence-electron chi connectivity index (χ1n) is 7.03. The molecule has 120 valence electrons. The number of benzene rings is 1. The second kappa shape index (κ2) is 6.60. The summed E-state index contributed by atoms with van der Waals surface area (Å²) in [6, 6.07) is 7.10. The van der Waals surface area contributed by atoms with E-state index in [-0.39, 0.29) is 6.04 Å². The lowest BCUT2D eigenvalue weighted by Gasteiger charge is -2.16. The van der Waals surface area contributed by atoms with Crippen molar-refractivity contribution in [3.8, 4) is 0 Å². The van der Waals surface area contributed by atoms with E-state index in [1.54, 1.807) is 18.5 Å². The first-order valence-corrected chi connectivity index (χ1v) is 8.47. The summed E-state index contributed by atoms with van der Waals surface area (Å²) in [5.41, 5.74) is 2.14. The number of aryl methyl sites for hydroxylation is 1. The number of nitrogens with one attached hydrogen (secondary N) is 1. The Bertz CT molecular complexity index is 720. The monoisotopic (exact) mass is 322 g/mol. The molecule has 2 rings (SSSR count). The van der Waals surface area contributed by atoms with Crippen molar-refractivity contribution in [1.29, 1.82) is 0 Å². The van der Waals surface area contributed by atoms with Gasteiger partial charge in [0.25, 0.3) is 0 Å². The smallest absolute Gasteiger partial charge is 0.242 e. The van der Waals surface area contributed by atoms with Crippen LogP contribution in [-0.2, 0) is 23.6 Å². The average Bonchev–Trinajstić information content (AvgIpc) is 2.90. The van der Waals surface area contributed by atoms with E-state index in [0.717, 1.165) is 11.3 Å². The highest BCUT2D eigenvalue weighted by molar-refractivity contribution is 7.89. The van der Waals surface area contributed by atoms with Gasteiger partial charge in [-0.2, -0.15) is 0 Å². The second-order valence-corrected chi connectivity index (χ2v) is 7.61. The molecule has 1 unspecified atom stereocenters. The van der Waals surface area contributed by atoms with Crippen LogP contribution in [0.1, 0.15) is 24.2 Å². The highest BCUT2D eigenvalue weighted by Crippen LogP contribution is 2.18. The van der Waals surface area contributed by atoms with Gasteiger partial charge in [-0.3, -0.25) is 0 Å². The normalized spacial score (nSPS) is 13.5. The molecule has 0 amide bonds. The molecule has 1 N–H and O–H groups in total. The summed E-state index contributed by atoms with van der Waals surface area (Å²) in [7, 11) is 1.64. The Hall–Kier alpha value is -1.70. The van der Waals surface area contributed by atoms with Crippen LogP contribution < -0.4 is 5.32 Å². The molecule has 1 aromatic carbocycles. The number of nitrogens with zero attached hydrogens (tertiary/aromatic N) is 3. The van der Waals surface area contributed by atoms with Crippen molar-refractivity contribution >= 4 is 10.0 Å². The minimum Gasteiger partial charge on any atom is -0.337 e. The fourth-order valence-corrected chi connectivity index (χ4v) is 2.97. The predicted octanol–water partition coefficient (Wildman–Crippen LogP) is 1.52. The summed E-state index contributed by atoms with van der Waals surface area (Å²) in [5, 5.41) is 3.40. The van der Waals surface area contributed by atoms with Crippen LogP contribution in [0.15, 0.2) is 41.7 Å². The van der Waals surface area contributed by atoms with Crippen molar-refractivity contribution in [2.24, 2.45) is 7.05 Å². The molecule has 2 aromatic rings. The molecule has 1 aromatic heterocycles. The van der Waals surface area contributed by atoms with Gasteiger partial charge < -0.3 is 9.88 Å². The zero-order chi connectivity index (χ0) is 16.3. The average molecular weight is 322 g/mol. The van der Waals surface area contributed by atoms with E-state index in [0.29, 0.717) is 11.4 Å². The number of imidazole rings is 1. The third-order valence-corrected chi connectivity index (χ3v) is 5.49. The summed E-state index contributed by atoms with van der Waals surface area (Å²) >= 11 is 0. The zero-order valence-corrected chi connectivity index (χ0v) is 14.1. The van der Waals surface area contributed by atoms with E-state index in [1.165, 1.54) is 18.4 Å². The lowest BCUT2D eigenvalue weighted by Crippen LogP contribution is -2.22. The predicted molar refractivity (Wildman–Crippen MR) is 85.8 cm³/mol. The van der Waals surface area contributed by atoms with E-state index in [9.17, 15) is 8.42 Å². The Balaban J connectivity index is 2.05. The summed E-state index contributed by atoms with van der Waals surface area (Å²) in [6.07, 6.45) is 3.59. The van der Waals surface area contributed by atoms with Crippen LogP contribution in [-0.4, -0.2) is 36.4 Å². The molecule has 22 heavy (non-hydrogen) atoms. The molecule has 0 aliphatic heterocycles. The van der Waals surface area contributed by atoms with Gasteiger partial charge in [-0.05, 0) is 24.6 Å². The van der Waals surface area contributed by atoms with E-state index in [4.69, 9.17) is 0 Å². The van der Waals surface area contributed by atoms with E-state index < -0.39 is 10.0 Å². The molecule has 7 heteroatoms. The Labute approximate surface area is 131 Å². The molecule has 0 radical (unpaired) electrons. The van der Waals surface area contributed by atoms with Gasteiger partial charge in [0.1, 0.15) is 0 Å². The summed E-state index contributed by atoms with van der Waals surface area (Å²) in [4.78, 5) is 4.38. The first-order chi connectivity index (χ1) is 10.3. The number of hydrogen-bond donors (Lipinski definition) is 1. The maximum absolute atomic E-state index is 12.0. The maximum Gasteiger partial charge on any atom is 0.242 e. The SMILES string of the molecule is CC(NCc1cncn1C)c1ccc(S(=O)(=O)N(C)C)cc1. The number of sulfonamides is 1. The van der Waals surface area contributed by atoms with Crippen molar-refractivity contribution < 1.29 is 8.42 Å². The largest absolute Gasteiger partial charge is 0.337 e. The van der Waals surface area contributed by atoms with Crippen LogP contribution in [0.4, 0.5) is 0 Å². The Morgan fingerprint density at radius 1 is 1.27 bits per heavy atom. The number of aromatic nitrogens is 2. The standard InChI is InChI=1S/C15H22N4O2S/c1-12(17-10-14-9-16-11-19(14)4)13-5-7-15(8-6-13)22(20,21)18(2)3/h5-9,11-12,17H,10H2,1-4H3. The topological polar surface area (TPSA) is 67.2 Å². The molecule has 1 heterocycles. The Kier molecular flexibility index (Phi) is 5.00. The van der Waals surface area contributed by atoms with Gasteiger partial charge in [0.15, 0.2) is 0 Å². The molecule has 1 atom stereocenters. The lowest BCUT2D eigenvalue weighted by molar-refractivity contribution is 0.520. The maximum atomic E-state index is 12.0. The number of rotatable bonds is 6. The van der Waals surface area contributed by atoms with Crippen molar-refractivity contribution in [2.75, 3.05) is 14.1 Å². The molecule has 0 saturated carbocycles. The van der Waals surface area contributed by atoms with Crippen LogP contribution in [0.3, 0.4) is 0 Å². The van der Waals surface area contributed by atoms with E-state index in [1.807, 2.05) is 36.9 Å². The van der Waals surface area contributed by atoms with Crippen molar-refractivity contribution in [3.63, 3.8) is 0 Å². The third-order valence-electron chi connectivity index (χ3n) is 3.66. The summed E-state index contributed by atoms with van der Waals surface area (Å²) in [6.45, 7) is 2.75. The molecular weight excluding hydrogens is 300 g/mol. The van der Waals surface area contributed by atoms with Gasteiger partial charge in [0, 0.05) is 39.9 Å². The fraction of sp³-hybridized carbons (Fsp3) is 0.400. The quantitative estimate of drug-likeness (QED) is 0.875. The third kappa shape index (κ3) is 3.55. The van der Waals surface area contributed by atoms with Gasteiger partial charge in [-0.1, -0.05) is 12.1 Å². The molecule has 0 spiro atoms. The molecular formula is C15H22N4O2S. The van der Waals surface area contributed by atoms with Crippen molar-refractivity contribution in [2.45, 2.75) is 24.4 Å². The fourth-order valence-electron chi connectivity index (χ4n) is 2.07. The summed E-state index contributed by atoms with van der Waals surface area (Å²) < 4.78 is 27.2. The van der Waals surface area contributed by atoms with Crippen LogP contribution in [0.2, 0.25) is 0 Å². The highest BCUT2D eigenvalue weighted by atomic mass is 32.2. The molecule has 0 saturated heterocycles. The molecule has 6 nitrogen and oxygen atoms in total. The minimum atomic E-state index is -3.37. The summed E-state index contributed by atoms with van der Waals surface area (Å²) in [5.74, 6) is 0. The van der Waals surface area contributed by atoms with E-state index in [2.05, 4.69) is 10.3 Å². The van der Waals surface area contributed by atoms with Crippen molar-refractivity contribution in [1.82, 2.24) is 19.2 Å². The molecule has 0 aliphatic rings. The second-order valence-electron chi connectivity index (χ2n) is 5.45. The minimum absolute atomic E-state index is 0.117. The Morgan fingerprint density at radius 2 is 1.91 bits per heavy atom.